The van der Waals surface area contributed by atoms with E-state index in [2.05, 4.69) is 176 Å². The zero-order chi connectivity index (χ0) is 54.3. The summed E-state index contributed by atoms with van der Waals surface area (Å²) in [7, 11) is 17.0. The zero-order valence-corrected chi connectivity index (χ0v) is 48.9. The molecule has 7 unspecified atom stereocenters. The maximum Gasteiger partial charge on any atom is 0.153 e. The van der Waals surface area contributed by atoms with Gasteiger partial charge in [-0.3, -0.25) is 19.5 Å². The predicted octanol–water partition coefficient (Wildman–Crippen LogP) is 9.71. The summed E-state index contributed by atoms with van der Waals surface area (Å²) in [6.07, 6.45) is 9.22. The number of nitrogens with zero attached hydrogens (tertiary/aromatic N) is 7. The third-order valence-corrected chi connectivity index (χ3v) is 19.6. The fourth-order valence-electron chi connectivity index (χ4n) is 15.6. The van der Waals surface area contributed by atoms with Crippen LogP contribution in [0.5, 0.6) is 11.5 Å². The van der Waals surface area contributed by atoms with Crippen LogP contribution in [0.4, 0.5) is 0 Å². The molecular formula is C63H85Cl2N9O3. The number of ketones is 1. The predicted molar refractivity (Wildman–Crippen MR) is 312 cm³/mol. The number of unbranched alkanes of at least 4 members (excludes halogenated alkanes) is 1. The van der Waals surface area contributed by atoms with E-state index in [9.17, 15) is 0 Å². The van der Waals surface area contributed by atoms with Crippen molar-refractivity contribution in [2.75, 3.05) is 69.1 Å². The van der Waals surface area contributed by atoms with Crippen molar-refractivity contribution < 1.29 is 14.3 Å². The average Bonchev–Trinajstić information content (AvgIpc) is 4.28. The van der Waals surface area contributed by atoms with Gasteiger partial charge in [-0.25, -0.2) is 4.98 Å². The van der Waals surface area contributed by atoms with E-state index in [1.54, 1.807) is 0 Å². The van der Waals surface area contributed by atoms with Crippen molar-refractivity contribution in [2.24, 2.45) is 23.8 Å². The van der Waals surface area contributed by atoms with Gasteiger partial charge in [0.25, 0.3) is 0 Å². The van der Waals surface area contributed by atoms with Crippen LogP contribution in [0.25, 0.3) is 11.3 Å². The lowest BCUT2D eigenvalue weighted by molar-refractivity contribution is -0.154. The Morgan fingerprint density at radius 1 is 0.831 bits per heavy atom. The van der Waals surface area contributed by atoms with E-state index in [1.807, 2.05) is 37.6 Å². The molecular weight excluding hydrogens is 1000 g/mol. The van der Waals surface area contributed by atoms with Gasteiger partial charge in [-0.2, -0.15) is 0 Å². The highest BCUT2D eigenvalue weighted by Gasteiger charge is 2.77. The molecule has 5 heterocycles. The lowest BCUT2D eigenvalue weighted by atomic mass is 9.54. The first kappa shape index (κ1) is 56.1. The van der Waals surface area contributed by atoms with Crippen LogP contribution in [0.3, 0.4) is 0 Å². The van der Waals surface area contributed by atoms with Gasteiger partial charge >= 0.3 is 0 Å². The number of halogens is 2. The number of likely N-dealkylation sites (tertiary alicyclic amines) is 2. The molecule has 10 rings (SSSR count). The highest BCUT2D eigenvalue weighted by Crippen LogP contribution is 2.63. The van der Waals surface area contributed by atoms with Crippen molar-refractivity contribution >= 4 is 29.0 Å². The molecule has 414 valence electrons. The zero-order valence-electron chi connectivity index (χ0n) is 47.4. The van der Waals surface area contributed by atoms with Gasteiger partial charge in [0.15, 0.2) is 5.78 Å². The van der Waals surface area contributed by atoms with Crippen LogP contribution in [0, 0.1) is 16.7 Å². The maximum absolute atomic E-state index is 17.9. The molecule has 4 aliphatic heterocycles. The van der Waals surface area contributed by atoms with E-state index >= 15 is 4.79 Å². The summed E-state index contributed by atoms with van der Waals surface area (Å²) in [4.78, 5) is 35.2. The van der Waals surface area contributed by atoms with Gasteiger partial charge in [0.05, 0.1) is 35.9 Å². The number of carbonyl (C=O) groups is 1. The molecule has 1 aromatic heterocycles. The first-order chi connectivity index (χ1) is 37.1. The first-order valence-corrected chi connectivity index (χ1v) is 29.2. The number of hydrogen-bond acceptors (Lipinski definition) is 11. The van der Waals surface area contributed by atoms with Crippen LogP contribution < -0.4 is 15.4 Å². The Morgan fingerprint density at radius 2 is 1.56 bits per heavy atom. The molecule has 1 saturated carbocycles. The summed E-state index contributed by atoms with van der Waals surface area (Å²) >= 11 is 13.5. The summed E-state index contributed by atoms with van der Waals surface area (Å²) in [6, 6.07) is 33.7. The van der Waals surface area contributed by atoms with Crippen LogP contribution in [0.15, 0.2) is 103 Å². The third kappa shape index (κ3) is 10.6. The highest BCUT2D eigenvalue weighted by atomic mass is 35.5. The standard InChI is InChI=1S/C63H85Cl2N9O3/c1-11-62-56-33-46(31-42-17-13-12-14-18-42)59(62)71(7)41(2)36-66-55-35-49(32-43-20-25-47(64)26-21-43)72(8)60-51(40-76-10)68-58(63(55,60)61(62)75)52(19-15-16-30-69(3)4)74(56)38-45-22-27-48(65)34-54(45)77-50-28-23-44(24-29-50)53-37-67-57(73(53)9)39-70(5)6/h12-14,17-18,20-29,34,37,41,46,49,51-52,55-56,58-60,66,68H,11,15-16,19,30-33,35-36,38-40H2,1-10H3/t41-,46+,49-,51+,52-,55?,56?,58?,59?,60?,62?,63?/m0/s1. The van der Waals surface area contributed by atoms with Crippen molar-refractivity contribution in [1.82, 2.24) is 44.7 Å². The Kier molecular flexibility index (Phi) is 17.1. The van der Waals surface area contributed by atoms with Crippen LogP contribution in [0.2, 0.25) is 10.0 Å². The molecule has 5 aliphatic rings. The lowest BCUT2D eigenvalue weighted by Gasteiger charge is -2.57. The smallest absolute Gasteiger partial charge is 0.153 e. The summed E-state index contributed by atoms with van der Waals surface area (Å²) in [5, 5.41) is 10.1. The van der Waals surface area contributed by atoms with Crippen LogP contribution >= 0.6 is 23.2 Å². The number of ether oxygens (including phenoxy) is 2. The molecule has 1 aliphatic carbocycles. The van der Waals surface area contributed by atoms with Gasteiger partial charge in [0, 0.05) is 103 Å². The number of methoxy groups -OCH3 is 1. The van der Waals surface area contributed by atoms with Gasteiger partial charge in [-0.05, 0) is 166 Å². The fraction of sp³-hybridized carbons (Fsp3) is 0.556. The van der Waals surface area contributed by atoms with Gasteiger partial charge < -0.3 is 34.5 Å². The molecule has 5 fully saturated rings. The van der Waals surface area contributed by atoms with E-state index in [4.69, 9.17) is 37.7 Å². The number of hydrogen-bond donors (Lipinski definition) is 2. The Bertz CT molecular complexity index is 2790. The van der Waals surface area contributed by atoms with Crippen molar-refractivity contribution in [3.8, 4) is 22.8 Å². The first-order valence-electron chi connectivity index (χ1n) is 28.5. The molecule has 2 bridgehead atoms. The molecule has 4 saturated heterocycles. The average molecular weight is 1090 g/mol. The topological polar surface area (TPSA) is 93.6 Å². The van der Waals surface area contributed by atoms with Crippen LogP contribution in [-0.4, -0.2) is 163 Å². The largest absolute Gasteiger partial charge is 0.457 e. The SMILES string of the molecule is CCC12C(=O)C34C5C[C@H](Cc6ccc(Cl)cc6)N(C)C3[C@@H](COC)NC4[C@H](CCCCN(C)C)N(Cc3ccc(Cl)cc3Oc3ccc(-c4cnc(CN(C)C)n4C)cc3)C1C[C@@H](Cc1ccccc1)C2N(C)[C@@H](C)CN5. The Labute approximate surface area is 469 Å². The van der Waals surface area contributed by atoms with E-state index in [0.717, 1.165) is 110 Å². The van der Waals surface area contributed by atoms with E-state index in [-0.39, 0.29) is 60.3 Å². The van der Waals surface area contributed by atoms with Crippen molar-refractivity contribution in [3.05, 3.63) is 136 Å². The Hall–Kier alpha value is -4.18. The van der Waals surface area contributed by atoms with Crippen LogP contribution in [-0.2, 0) is 42.5 Å². The molecule has 14 heteroatoms. The van der Waals surface area contributed by atoms with Gasteiger partial charge in [0.1, 0.15) is 17.3 Å². The van der Waals surface area contributed by atoms with Gasteiger partial charge in [-0.1, -0.05) is 85.1 Å². The minimum Gasteiger partial charge on any atom is -0.457 e. The Morgan fingerprint density at radius 3 is 2.26 bits per heavy atom. The van der Waals surface area contributed by atoms with E-state index in [0.29, 0.717) is 24.0 Å². The summed E-state index contributed by atoms with van der Waals surface area (Å²) in [6.45, 7) is 8.38. The number of aromatic nitrogens is 2. The van der Waals surface area contributed by atoms with Crippen LogP contribution in [0.1, 0.15) is 74.9 Å². The molecule has 77 heavy (non-hydrogen) atoms. The molecule has 0 radical (unpaired) electrons. The molecule has 4 aromatic carbocycles. The summed E-state index contributed by atoms with van der Waals surface area (Å²) in [5.74, 6) is 3.15. The maximum atomic E-state index is 17.9. The second kappa shape index (κ2) is 23.5. The van der Waals surface area contributed by atoms with Gasteiger partial charge in [0.2, 0.25) is 0 Å². The van der Waals surface area contributed by atoms with Crippen molar-refractivity contribution in [2.45, 2.75) is 133 Å². The number of carbonyl (C=O) groups excluding carboxylic acids is 1. The number of rotatable bonds is 19. The number of imidazole rings is 1. The number of benzene rings is 4. The minimum atomic E-state index is -0.795. The molecule has 2 N–H and O–H groups in total. The quantitative estimate of drug-likeness (QED) is 0.0775. The second-order valence-corrected chi connectivity index (χ2v) is 25.0. The fourth-order valence-corrected chi connectivity index (χ4v) is 15.9. The third-order valence-electron chi connectivity index (χ3n) is 19.1. The summed E-state index contributed by atoms with van der Waals surface area (Å²) in [5.41, 5.74) is 4.24. The second-order valence-electron chi connectivity index (χ2n) is 24.1. The van der Waals surface area contributed by atoms with Crippen molar-refractivity contribution in [1.29, 1.82) is 0 Å². The van der Waals surface area contributed by atoms with E-state index < -0.39 is 10.8 Å². The highest BCUT2D eigenvalue weighted by molar-refractivity contribution is 6.31. The molecule has 12 nitrogen and oxygen atoms in total. The number of Topliss-reactive ketones (excluding diaryl/α,β-unsaturated/α-hetero) is 1. The number of likely N-dealkylation sites (N-methyl/N-ethyl adjacent to an activating group) is 2. The number of nitrogens with one attached hydrogen (secondary N) is 2. The van der Waals surface area contributed by atoms with E-state index in [1.165, 1.54) is 11.1 Å². The minimum absolute atomic E-state index is 0.00761. The molecule has 12 atom stereocenters. The molecule has 1 spiro atoms. The van der Waals surface area contributed by atoms with Gasteiger partial charge in [-0.15, -0.1) is 0 Å². The normalized spacial score (nSPS) is 30.6. The molecule has 0 amide bonds. The van der Waals surface area contributed by atoms with Crippen molar-refractivity contribution in [3.63, 3.8) is 0 Å². The lowest BCUT2D eigenvalue weighted by Crippen LogP contribution is -2.73. The Balaban J connectivity index is 1.13. The monoisotopic (exact) mass is 1090 g/mol. The molecule has 5 aromatic rings. The summed E-state index contributed by atoms with van der Waals surface area (Å²) < 4.78 is 15.5. The number of piperidine rings is 1.